The Bertz CT molecular complexity index is 440. The number of aromatic nitrogens is 1. The summed E-state index contributed by atoms with van der Waals surface area (Å²) < 4.78 is 5.55. The van der Waals surface area contributed by atoms with Gasteiger partial charge in [0.2, 0.25) is 0 Å². The first-order chi connectivity index (χ1) is 8.40. The summed E-state index contributed by atoms with van der Waals surface area (Å²) in [6.07, 6.45) is 1.80. The van der Waals surface area contributed by atoms with Crippen LogP contribution in [0.4, 0.5) is 0 Å². The van der Waals surface area contributed by atoms with Gasteiger partial charge in [-0.3, -0.25) is 4.98 Å². The maximum absolute atomic E-state index is 5.55. The molecule has 0 radical (unpaired) electrons. The Morgan fingerprint density at radius 2 is 1.94 bits per heavy atom. The van der Waals surface area contributed by atoms with E-state index in [0.717, 1.165) is 23.6 Å². The Labute approximate surface area is 101 Å². The summed E-state index contributed by atoms with van der Waals surface area (Å²) in [7, 11) is 1.91. The van der Waals surface area contributed by atoms with Crippen molar-refractivity contribution in [2.45, 2.75) is 0 Å². The fraction of sp³-hybridized carbons (Fsp3) is 0.214. The van der Waals surface area contributed by atoms with Crippen molar-refractivity contribution in [1.29, 1.82) is 0 Å². The summed E-state index contributed by atoms with van der Waals surface area (Å²) >= 11 is 0. The summed E-state index contributed by atoms with van der Waals surface area (Å²) in [5, 5.41) is 3.04. The number of nitrogens with one attached hydrogen (secondary N) is 1. The lowest BCUT2D eigenvalue weighted by molar-refractivity contribution is 0.318. The van der Waals surface area contributed by atoms with Gasteiger partial charge >= 0.3 is 0 Å². The fourth-order valence-corrected chi connectivity index (χ4v) is 1.53. The van der Waals surface area contributed by atoms with Crippen LogP contribution in [0.1, 0.15) is 0 Å². The van der Waals surface area contributed by atoms with Crippen LogP contribution in [0, 0.1) is 0 Å². The van der Waals surface area contributed by atoms with Crippen LogP contribution < -0.4 is 10.1 Å². The van der Waals surface area contributed by atoms with Crippen LogP contribution in [-0.2, 0) is 0 Å². The van der Waals surface area contributed by atoms with Gasteiger partial charge in [-0.25, -0.2) is 0 Å². The Morgan fingerprint density at radius 1 is 1.12 bits per heavy atom. The predicted octanol–water partition coefficient (Wildman–Crippen LogP) is 2.35. The van der Waals surface area contributed by atoms with Crippen molar-refractivity contribution in [2.75, 3.05) is 20.2 Å². The smallest absolute Gasteiger partial charge is 0.119 e. The molecule has 0 spiro atoms. The lowest BCUT2D eigenvalue weighted by Crippen LogP contribution is -2.15. The highest BCUT2D eigenvalue weighted by molar-refractivity contribution is 5.59. The molecule has 0 unspecified atom stereocenters. The number of nitrogens with zero attached hydrogens (tertiary/aromatic N) is 1. The molecule has 0 amide bonds. The molecule has 0 aliphatic carbocycles. The van der Waals surface area contributed by atoms with E-state index in [-0.39, 0.29) is 0 Å². The van der Waals surface area contributed by atoms with Gasteiger partial charge < -0.3 is 10.1 Å². The minimum absolute atomic E-state index is 0.680. The van der Waals surface area contributed by atoms with E-state index >= 15 is 0 Å². The van der Waals surface area contributed by atoms with Gasteiger partial charge in [0.05, 0.1) is 5.69 Å². The number of hydrogen-bond acceptors (Lipinski definition) is 3. The van der Waals surface area contributed by atoms with Crippen molar-refractivity contribution in [3.05, 3.63) is 48.7 Å². The number of likely N-dealkylation sites (N-methyl/N-ethyl adjacent to an activating group) is 1. The molecule has 17 heavy (non-hydrogen) atoms. The zero-order valence-corrected chi connectivity index (χ0v) is 9.89. The molecule has 1 aromatic heterocycles. The summed E-state index contributed by atoms with van der Waals surface area (Å²) in [5.41, 5.74) is 2.08. The molecule has 1 N–H and O–H groups in total. The van der Waals surface area contributed by atoms with Crippen molar-refractivity contribution in [1.82, 2.24) is 10.3 Å². The molecule has 2 rings (SSSR count). The third-order valence-electron chi connectivity index (χ3n) is 2.44. The third kappa shape index (κ3) is 3.29. The van der Waals surface area contributed by atoms with E-state index in [4.69, 9.17) is 4.74 Å². The van der Waals surface area contributed by atoms with Gasteiger partial charge in [0.25, 0.3) is 0 Å². The van der Waals surface area contributed by atoms with Crippen molar-refractivity contribution in [3.8, 4) is 17.0 Å². The average molecular weight is 228 g/mol. The lowest BCUT2D eigenvalue weighted by Gasteiger charge is -2.06. The Kier molecular flexibility index (Phi) is 4.11. The van der Waals surface area contributed by atoms with E-state index in [9.17, 15) is 0 Å². The quantitative estimate of drug-likeness (QED) is 0.798. The van der Waals surface area contributed by atoms with Gasteiger partial charge in [-0.2, -0.15) is 0 Å². The normalized spacial score (nSPS) is 10.2. The molecular formula is C14H16N2O. The first-order valence-corrected chi connectivity index (χ1v) is 5.69. The maximum atomic E-state index is 5.55. The first kappa shape index (κ1) is 11.6. The molecular weight excluding hydrogens is 212 g/mol. The molecule has 0 bridgehead atoms. The predicted molar refractivity (Wildman–Crippen MR) is 69.1 cm³/mol. The van der Waals surface area contributed by atoms with Crippen LogP contribution in [0.5, 0.6) is 5.75 Å². The van der Waals surface area contributed by atoms with Gasteiger partial charge in [0, 0.05) is 18.3 Å². The molecule has 0 aliphatic heterocycles. The molecule has 3 heteroatoms. The van der Waals surface area contributed by atoms with E-state index in [1.807, 2.05) is 49.5 Å². The van der Waals surface area contributed by atoms with E-state index in [2.05, 4.69) is 10.3 Å². The minimum Gasteiger partial charge on any atom is -0.492 e. The lowest BCUT2D eigenvalue weighted by atomic mass is 10.1. The summed E-state index contributed by atoms with van der Waals surface area (Å²) in [5.74, 6) is 0.889. The van der Waals surface area contributed by atoms with Crippen molar-refractivity contribution in [2.24, 2.45) is 0 Å². The van der Waals surface area contributed by atoms with Crippen LogP contribution in [-0.4, -0.2) is 25.2 Å². The molecule has 0 saturated carbocycles. The van der Waals surface area contributed by atoms with Gasteiger partial charge in [0.15, 0.2) is 0 Å². The number of benzene rings is 1. The zero-order valence-electron chi connectivity index (χ0n) is 9.89. The van der Waals surface area contributed by atoms with E-state index < -0.39 is 0 Å². The SMILES string of the molecule is CNCCOc1ccc(-c2ccccn2)cc1. The monoisotopic (exact) mass is 228 g/mol. The van der Waals surface area contributed by atoms with Crippen LogP contribution in [0.25, 0.3) is 11.3 Å². The van der Waals surface area contributed by atoms with Gasteiger partial charge in [-0.15, -0.1) is 0 Å². The second-order valence-electron chi connectivity index (χ2n) is 3.69. The van der Waals surface area contributed by atoms with Gasteiger partial charge in [-0.05, 0) is 43.4 Å². The van der Waals surface area contributed by atoms with Crippen LogP contribution >= 0.6 is 0 Å². The molecule has 1 heterocycles. The number of hydrogen-bond donors (Lipinski definition) is 1. The van der Waals surface area contributed by atoms with Crippen molar-refractivity contribution in [3.63, 3.8) is 0 Å². The standard InChI is InChI=1S/C14H16N2O/c1-15-10-11-17-13-7-5-12(6-8-13)14-4-2-3-9-16-14/h2-9,15H,10-11H2,1H3. The molecule has 3 nitrogen and oxygen atoms in total. The Balaban J connectivity index is 2.03. The van der Waals surface area contributed by atoms with Gasteiger partial charge in [-0.1, -0.05) is 6.07 Å². The van der Waals surface area contributed by atoms with Crippen LogP contribution in [0.2, 0.25) is 0 Å². The third-order valence-corrected chi connectivity index (χ3v) is 2.44. The first-order valence-electron chi connectivity index (χ1n) is 5.69. The zero-order chi connectivity index (χ0) is 11.9. The molecule has 0 atom stereocenters. The molecule has 0 saturated heterocycles. The Morgan fingerprint density at radius 3 is 2.59 bits per heavy atom. The topological polar surface area (TPSA) is 34.1 Å². The minimum atomic E-state index is 0.680. The molecule has 88 valence electrons. The average Bonchev–Trinajstić information content (AvgIpc) is 2.41. The highest BCUT2D eigenvalue weighted by Crippen LogP contribution is 2.20. The van der Waals surface area contributed by atoms with Crippen molar-refractivity contribution < 1.29 is 4.74 Å². The van der Waals surface area contributed by atoms with Crippen LogP contribution in [0.3, 0.4) is 0 Å². The second kappa shape index (κ2) is 6.01. The van der Waals surface area contributed by atoms with E-state index in [1.54, 1.807) is 6.20 Å². The van der Waals surface area contributed by atoms with E-state index in [1.165, 1.54) is 0 Å². The van der Waals surface area contributed by atoms with E-state index in [0.29, 0.717) is 6.61 Å². The fourth-order valence-electron chi connectivity index (χ4n) is 1.53. The van der Waals surface area contributed by atoms with Crippen LogP contribution in [0.15, 0.2) is 48.7 Å². The maximum Gasteiger partial charge on any atom is 0.119 e. The molecule has 1 aromatic carbocycles. The molecule has 0 fully saturated rings. The number of pyridine rings is 1. The largest absolute Gasteiger partial charge is 0.492 e. The second-order valence-corrected chi connectivity index (χ2v) is 3.69. The highest BCUT2D eigenvalue weighted by atomic mass is 16.5. The number of ether oxygens (including phenoxy) is 1. The molecule has 2 aromatic rings. The highest BCUT2D eigenvalue weighted by Gasteiger charge is 1.98. The number of rotatable bonds is 5. The summed E-state index contributed by atoms with van der Waals surface area (Å²) in [6, 6.07) is 13.9. The summed E-state index contributed by atoms with van der Waals surface area (Å²) in [6.45, 7) is 1.53. The summed E-state index contributed by atoms with van der Waals surface area (Å²) in [4.78, 5) is 4.30. The van der Waals surface area contributed by atoms with Crippen molar-refractivity contribution >= 4 is 0 Å². The molecule has 0 aliphatic rings. The Hall–Kier alpha value is -1.87. The van der Waals surface area contributed by atoms with Gasteiger partial charge in [0.1, 0.15) is 12.4 Å².